The Morgan fingerprint density at radius 2 is 2.08 bits per heavy atom. The standard InChI is InChI=1S/C17H16F3N3O2S/c18-17(19,20)12-7-11(3-5-21-12)22-16(24)15-13(9-1-2-9)14(23-26-15)10-4-6-25-8-10/h3,5,7,9-10H,1-2,4,6,8H2,(H,21,22,24). The molecule has 9 heteroatoms. The number of rotatable bonds is 4. The molecule has 0 aromatic carbocycles. The van der Waals surface area contributed by atoms with E-state index in [9.17, 15) is 18.0 Å². The van der Waals surface area contributed by atoms with Crippen LogP contribution in [0, 0.1) is 0 Å². The summed E-state index contributed by atoms with van der Waals surface area (Å²) in [6.07, 6.45) is -0.627. The highest BCUT2D eigenvalue weighted by molar-refractivity contribution is 7.08. The Morgan fingerprint density at radius 1 is 1.27 bits per heavy atom. The summed E-state index contributed by atoms with van der Waals surface area (Å²) in [6.45, 7) is 1.29. The van der Waals surface area contributed by atoms with Gasteiger partial charge in [0, 0.05) is 30.0 Å². The monoisotopic (exact) mass is 383 g/mol. The Morgan fingerprint density at radius 3 is 2.73 bits per heavy atom. The molecule has 2 fully saturated rings. The second kappa shape index (κ2) is 6.62. The third-order valence-corrected chi connectivity index (χ3v) is 5.45. The molecule has 3 heterocycles. The largest absolute Gasteiger partial charge is 0.433 e. The van der Waals surface area contributed by atoms with Crippen molar-refractivity contribution in [3.8, 4) is 0 Å². The van der Waals surface area contributed by atoms with Gasteiger partial charge in [-0.2, -0.15) is 17.5 Å². The lowest BCUT2D eigenvalue weighted by Gasteiger charge is -2.10. The molecular formula is C17H16F3N3O2S. The van der Waals surface area contributed by atoms with Crippen molar-refractivity contribution >= 4 is 23.1 Å². The Balaban J connectivity index is 1.59. The number of aromatic nitrogens is 2. The molecule has 2 aromatic rings. The van der Waals surface area contributed by atoms with Gasteiger partial charge in [0.2, 0.25) is 0 Å². The Kier molecular flexibility index (Phi) is 4.44. The first kappa shape index (κ1) is 17.4. The van der Waals surface area contributed by atoms with Gasteiger partial charge in [0.05, 0.1) is 12.3 Å². The van der Waals surface area contributed by atoms with Crippen molar-refractivity contribution in [1.82, 2.24) is 9.36 Å². The Bertz CT molecular complexity index is 827. The molecule has 0 radical (unpaired) electrons. The summed E-state index contributed by atoms with van der Waals surface area (Å²) >= 11 is 1.11. The maximum Gasteiger partial charge on any atom is 0.433 e. The van der Waals surface area contributed by atoms with Crippen molar-refractivity contribution < 1.29 is 22.7 Å². The Hall–Kier alpha value is -2.00. The lowest BCUT2D eigenvalue weighted by atomic mass is 9.97. The van der Waals surface area contributed by atoms with E-state index in [1.165, 1.54) is 6.07 Å². The highest BCUT2D eigenvalue weighted by atomic mass is 32.1. The van der Waals surface area contributed by atoms with Gasteiger partial charge in [-0.05, 0) is 48.8 Å². The second-order valence-corrected chi connectivity index (χ2v) is 7.30. The third-order valence-electron chi connectivity index (χ3n) is 4.57. The molecule has 1 N–H and O–H groups in total. The van der Waals surface area contributed by atoms with E-state index in [0.29, 0.717) is 24.0 Å². The topological polar surface area (TPSA) is 64.1 Å². The SMILES string of the molecule is O=C(Nc1ccnc(C(F)(F)F)c1)c1snc(C2CCOC2)c1C1CC1. The molecule has 0 spiro atoms. The molecule has 1 saturated heterocycles. The maximum absolute atomic E-state index is 12.8. The minimum absolute atomic E-state index is 0.0678. The first-order chi connectivity index (χ1) is 12.4. The van der Waals surface area contributed by atoms with Crippen LogP contribution in [0.2, 0.25) is 0 Å². The summed E-state index contributed by atoms with van der Waals surface area (Å²) < 4.78 is 48.3. The predicted molar refractivity (Wildman–Crippen MR) is 89.5 cm³/mol. The zero-order chi connectivity index (χ0) is 18.3. The van der Waals surface area contributed by atoms with Crippen molar-refractivity contribution in [3.05, 3.63) is 40.2 Å². The number of hydrogen-bond donors (Lipinski definition) is 1. The van der Waals surface area contributed by atoms with Crippen LogP contribution in [0.15, 0.2) is 18.3 Å². The van der Waals surface area contributed by atoms with Crippen LogP contribution in [-0.2, 0) is 10.9 Å². The van der Waals surface area contributed by atoms with E-state index in [1.54, 1.807) is 0 Å². The summed E-state index contributed by atoms with van der Waals surface area (Å²) in [5, 5.41) is 2.56. The number of pyridine rings is 1. The molecule has 1 atom stereocenters. The summed E-state index contributed by atoms with van der Waals surface area (Å²) in [6, 6.07) is 2.18. The number of nitrogens with zero attached hydrogens (tertiary/aromatic N) is 2. The lowest BCUT2D eigenvalue weighted by Crippen LogP contribution is -2.15. The fourth-order valence-electron chi connectivity index (χ4n) is 3.14. The van der Waals surface area contributed by atoms with Crippen molar-refractivity contribution in [2.24, 2.45) is 0 Å². The van der Waals surface area contributed by atoms with Gasteiger partial charge in [0.1, 0.15) is 10.6 Å². The van der Waals surface area contributed by atoms with Crippen LogP contribution >= 0.6 is 11.5 Å². The number of hydrogen-bond acceptors (Lipinski definition) is 5. The van der Waals surface area contributed by atoms with Crippen LogP contribution in [0.25, 0.3) is 0 Å². The van der Waals surface area contributed by atoms with E-state index in [-0.39, 0.29) is 11.6 Å². The van der Waals surface area contributed by atoms with Crippen LogP contribution in [0.4, 0.5) is 18.9 Å². The number of anilines is 1. The number of amides is 1. The lowest BCUT2D eigenvalue weighted by molar-refractivity contribution is -0.141. The van der Waals surface area contributed by atoms with Crippen LogP contribution in [0.5, 0.6) is 0 Å². The fraction of sp³-hybridized carbons (Fsp3) is 0.471. The number of carbonyl (C=O) groups excluding carboxylic acids is 1. The molecule has 138 valence electrons. The zero-order valence-corrected chi connectivity index (χ0v) is 14.5. The van der Waals surface area contributed by atoms with Gasteiger partial charge < -0.3 is 10.1 Å². The number of halogens is 3. The van der Waals surface area contributed by atoms with Crippen LogP contribution in [0.3, 0.4) is 0 Å². The first-order valence-corrected chi connectivity index (χ1v) is 9.12. The molecule has 1 unspecified atom stereocenters. The Labute approximate surface area is 151 Å². The molecule has 1 amide bonds. The van der Waals surface area contributed by atoms with E-state index in [0.717, 1.165) is 54.3 Å². The van der Waals surface area contributed by atoms with Crippen molar-refractivity contribution in [2.75, 3.05) is 18.5 Å². The van der Waals surface area contributed by atoms with Gasteiger partial charge in [-0.3, -0.25) is 9.78 Å². The quantitative estimate of drug-likeness (QED) is 0.860. The van der Waals surface area contributed by atoms with Crippen molar-refractivity contribution in [2.45, 2.75) is 37.3 Å². The minimum Gasteiger partial charge on any atom is -0.381 e. The number of alkyl halides is 3. The van der Waals surface area contributed by atoms with Crippen molar-refractivity contribution in [3.63, 3.8) is 0 Å². The summed E-state index contributed by atoms with van der Waals surface area (Å²) in [5.41, 5.74) is 0.906. The minimum atomic E-state index is -4.56. The fourth-order valence-corrected chi connectivity index (χ4v) is 4.08. The van der Waals surface area contributed by atoms with Crippen molar-refractivity contribution in [1.29, 1.82) is 0 Å². The predicted octanol–water partition coefficient (Wildman–Crippen LogP) is 4.19. The highest BCUT2D eigenvalue weighted by Gasteiger charge is 2.37. The average molecular weight is 383 g/mol. The highest BCUT2D eigenvalue weighted by Crippen LogP contribution is 2.47. The van der Waals surface area contributed by atoms with Gasteiger partial charge in [-0.25, -0.2) is 0 Å². The number of nitrogens with one attached hydrogen (secondary N) is 1. The molecule has 5 nitrogen and oxygen atoms in total. The summed E-state index contributed by atoms with van der Waals surface area (Å²) in [4.78, 5) is 16.5. The van der Waals surface area contributed by atoms with E-state index in [1.807, 2.05) is 0 Å². The molecule has 26 heavy (non-hydrogen) atoms. The van der Waals surface area contributed by atoms with Gasteiger partial charge >= 0.3 is 6.18 Å². The molecule has 1 saturated carbocycles. The number of carbonyl (C=O) groups is 1. The first-order valence-electron chi connectivity index (χ1n) is 8.35. The summed E-state index contributed by atoms with van der Waals surface area (Å²) in [5.74, 6) is 0.0864. The molecule has 1 aliphatic carbocycles. The maximum atomic E-state index is 12.8. The summed E-state index contributed by atoms with van der Waals surface area (Å²) in [7, 11) is 0. The van der Waals surface area contributed by atoms with E-state index < -0.39 is 17.8 Å². The smallest absolute Gasteiger partial charge is 0.381 e. The molecule has 2 aliphatic rings. The van der Waals surface area contributed by atoms with Gasteiger partial charge in [-0.15, -0.1) is 0 Å². The van der Waals surface area contributed by atoms with Gasteiger partial charge in [0.15, 0.2) is 0 Å². The molecular weight excluding hydrogens is 367 g/mol. The molecule has 2 aromatic heterocycles. The molecule has 4 rings (SSSR count). The average Bonchev–Trinajstić information content (AvgIpc) is 3.11. The van der Waals surface area contributed by atoms with Gasteiger partial charge in [-0.1, -0.05) is 0 Å². The third kappa shape index (κ3) is 3.45. The van der Waals surface area contributed by atoms with E-state index in [2.05, 4.69) is 14.7 Å². The van der Waals surface area contributed by atoms with Crippen LogP contribution in [-0.4, -0.2) is 28.5 Å². The number of ether oxygens (including phenoxy) is 1. The van der Waals surface area contributed by atoms with E-state index in [4.69, 9.17) is 4.74 Å². The van der Waals surface area contributed by atoms with Crippen LogP contribution < -0.4 is 5.32 Å². The second-order valence-electron chi connectivity index (χ2n) is 6.53. The van der Waals surface area contributed by atoms with Crippen LogP contribution in [0.1, 0.15) is 57.7 Å². The van der Waals surface area contributed by atoms with E-state index >= 15 is 0 Å². The molecule has 1 aliphatic heterocycles. The normalized spacial score (nSPS) is 20.3. The zero-order valence-electron chi connectivity index (χ0n) is 13.7. The van der Waals surface area contributed by atoms with Gasteiger partial charge in [0.25, 0.3) is 5.91 Å². The molecule has 0 bridgehead atoms.